The van der Waals surface area contributed by atoms with Crippen LogP contribution in [0.1, 0.15) is 213 Å². The van der Waals surface area contributed by atoms with E-state index >= 15 is 0 Å². The number of unbranched alkanes of at least 4 members (excludes halogenated alkanes) is 21. The molecule has 1 fully saturated rings. The Morgan fingerprint density at radius 1 is 0.457 bits per heavy atom. The van der Waals surface area contributed by atoms with Gasteiger partial charge in [-0.1, -0.05) is 189 Å². The lowest BCUT2D eigenvalue weighted by atomic mass is 9.85. The van der Waals surface area contributed by atoms with Crippen LogP contribution < -0.4 is 0 Å². The Labute approximate surface area is 423 Å². The second-order valence-corrected chi connectivity index (χ2v) is 20.1. The number of rotatable bonds is 45. The second kappa shape index (κ2) is 44.9. The van der Waals surface area contributed by atoms with Gasteiger partial charge in [0.2, 0.25) is 0 Å². The number of esters is 2. The zero-order valence-electron chi connectivity index (χ0n) is 43.3. The SMILES string of the molecule is CC/C=C\C/C=C\C/C=C\C/C=C\CCCCCCCCCCCCC(=O)OC(COC(=O)CCCCCCCCC/C=C\C/C=C\CCCCCC)COP(=O)(O)OC1C(O)C(O)C(O)C(O)C1O. The third-order valence-corrected chi connectivity index (χ3v) is 13.3. The molecule has 6 N–H and O–H groups in total. The molecule has 0 aromatic heterocycles. The number of aliphatic hydroxyl groups excluding tert-OH is 5. The van der Waals surface area contributed by atoms with Gasteiger partial charge in [-0.3, -0.25) is 18.6 Å². The van der Waals surface area contributed by atoms with E-state index in [0.717, 1.165) is 109 Å². The number of phosphoric acid groups is 1. The Hall–Kier alpha value is -2.71. The average Bonchev–Trinajstić information content (AvgIpc) is 3.34. The normalized spacial score (nSPS) is 21.3. The molecule has 6 unspecified atom stereocenters. The lowest BCUT2D eigenvalue weighted by Crippen LogP contribution is -2.64. The molecule has 6 atom stereocenters. The van der Waals surface area contributed by atoms with Crippen molar-refractivity contribution in [2.75, 3.05) is 13.2 Å². The number of carbonyl (C=O) groups is 2. The summed E-state index contributed by atoms with van der Waals surface area (Å²) in [5.74, 6) is -1.11. The summed E-state index contributed by atoms with van der Waals surface area (Å²) >= 11 is 0. The van der Waals surface area contributed by atoms with E-state index in [4.69, 9.17) is 18.5 Å². The maximum Gasteiger partial charge on any atom is 0.472 e. The molecule has 0 bridgehead atoms. The van der Waals surface area contributed by atoms with Crippen molar-refractivity contribution in [2.24, 2.45) is 0 Å². The first-order chi connectivity index (χ1) is 33.9. The van der Waals surface area contributed by atoms with Crippen molar-refractivity contribution in [3.05, 3.63) is 72.9 Å². The molecular formula is C56H97O13P. The van der Waals surface area contributed by atoms with Crippen molar-refractivity contribution < 1.29 is 63.1 Å². The van der Waals surface area contributed by atoms with Crippen LogP contribution in [-0.4, -0.2) is 98.3 Å². The van der Waals surface area contributed by atoms with Crippen molar-refractivity contribution in [2.45, 2.75) is 256 Å². The molecule has 70 heavy (non-hydrogen) atoms. The van der Waals surface area contributed by atoms with Crippen LogP contribution in [0, 0.1) is 0 Å². The van der Waals surface area contributed by atoms with Gasteiger partial charge in [-0.2, -0.15) is 0 Å². The van der Waals surface area contributed by atoms with Crippen LogP contribution in [-0.2, 0) is 32.7 Å². The number of allylic oxidation sites excluding steroid dienone is 12. The van der Waals surface area contributed by atoms with Gasteiger partial charge in [0.1, 0.15) is 43.2 Å². The number of phosphoric ester groups is 1. The summed E-state index contributed by atoms with van der Waals surface area (Å²) in [4.78, 5) is 35.9. The van der Waals surface area contributed by atoms with Gasteiger partial charge in [-0.05, 0) is 83.5 Å². The molecule has 0 saturated heterocycles. The summed E-state index contributed by atoms with van der Waals surface area (Å²) in [7, 11) is -5.13. The van der Waals surface area contributed by atoms with Crippen LogP contribution in [0.4, 0.5) is 0 Å². The van der Waals surface area contributed by atoms with Crippen molar-refractivity contribution in [3.8, 4) is 0 Å². The van der Waals surface area contributed by atoms with Gasteiger partial charge in [0.05, 0.1) is 6.61 Å². The van der Waals surface area contributed by atoms with Crippen molar-refractivity contribution in [1.29, 1.82) is 0 Å². The smallest absolute Gasteiger partial charge is 0.462 e. The maximum absolute atomic E-state index is 12.9. The molecule has 14 heteroatoms. The van der Waals surface area contributed by atoms with Crippen LogP contribution in [0.5, 0.6) is 0 Å². The zero-order chi connectivity index (χ0) is 51.3. The van der Waals surface area contributed by atoms with E-state index in [2.05, 4.69) is 86.8 Å². The van der Waals surface area contributed by atoms with Crippen LogP contribution >= 0.6 is 7.82 Å². The Bertz CT molecular complexity index is 1490. The van der Waals surface area contributed by atoms with Crippen LogP contribution in [0.3, 0.4) is 0 Å². The number of hydrogen-bond acceptors (Lipinski definition) is 12. The first kappa shape index (κ1) is 65.3. The van der Waals surface area contributed by atoms with Gasteiger partial charge in [0, 0.05) is 12.8 Å². The number of aliphatic hydroxyl groups is 5. The molecule has 13 nitrogen and oxygen atoms in total. The van der Waals surface area contributed by atoms with E-state index in [1.807, 2.05) is 0 Å². The number of hydrogen-bond donors (Lipinski definition) is 6. The Morgan fingerprint density at radius 2 is 0.814 bits per heavy atom. The Morgan fingerprint density at radius 3 is 1.24 bits per heavy atom. The molecule has 404 valence electrons. The van der Waals surface area contributed by atoms with Crippen LogP contribution in [0.15, 0.2) is 72.9 Å². The summed E-state index contributed by atoms with van der Waals surface area (Å²) in [6.07, 6.45) is 45.1. The fraction of sp³-hybridized carbons (Fsp3) is 0.750. The van der Waals surface area contributed by atoms with Gasteiger partial charge < -0.3 is 39.9 Å². The first-order valence-corrected chi connectivity index (χ1v) is 28.7. The van der Waals surface area contributed by atoms with Gasteiger partial charge >= 0.3 is 19.8 Å². The summed E-state index contributed by atoms with van der Waals surface area (Å²) in [5.41, 5.74) is 0. The molecule has 0 heterocycles. The van der Waals surface area contributed by atoms with Crippen molar-refractivity contribution in [1.82, 2.24) is 0 Å². The summed E-state index contributed by atoms with van der Waals surface area (Å²) in [6, 6.07) is 0. The van der Waals surface area contributed by atoms with E-state index in [9.17, 15) is 44.6 Å². The zero-order valence-corrected chi connectivity index (χ0v) is 44.2. The highest BCUT2D eigenvalue weighted by Gasteiger charge is 2.51. The molecule has 1 saturated carbocycles. The lowest BCUT2D eigenvalue weighted by molar-refractivity contribution is -0.220. The second-order valence-electron chi connectivity index (χ2n) is 18.7. The topological polar surface area (TPSA) is 210 Å². The van der Waals surface area contributed by atoms with Gasteiger partial charge in [-0.25, -0.2) is 4.57 Å². The highest BCUT2D eigenvalue weighted by Crippen LogP contribution is 2.47. The number of ether oxygens (including phenoxy) is 2. The minimum Gasteiger partial charge on any atom is -0.462 e. The molecule has 0 amide bonds. The standard InChI is InChI=1S/C56H97O13P/c1-3-5-7-9-11-13-15-17-19-21-23-24-25-26-27-29-31-33-35-37-39-41-43-45-50(58)68-48(47-67-70(64,65)69-56-54(62)52(60)51(59)53(61)55(56)63)46-66-49(57)44-42-40-38-36-34-32-30-28-22-20-18-16-14-12-10-8-6-4-2/h5,7,11,13-14,16-17,19-20,22-24,48,51-56,59-63H,3-4,6,8-10,12,15,18,21,25-47H2,1-2H3,(H,64,65)/b7-5-,13-11-,16-14-,19-17-,22-20-,24-23-. The highest BCUT2D eigenvalue weighted by molar-refractivity contribution is 7.47. The van der Waals surface area contributed by atoms with Crippen LogP contribution in [0.2, 0.25) is 0 Å². The van der Waals surface area contributed by atoms with E-state index < -0.39 is 75.7 Å². The molecule has 1 aliphatic carbocycles. The van der Waals surface area contributed by atoms with Crippen molar-refractivity contribution >= 4 is 19.8 Å². The fourth-order valence-electron chi connectivity index (χ4n) is 7.96. The van der Waals surface area contributed by atoms with E-state index in [-0.39, 0.29) is 12.8 Å². The maximum atomic E-state index is 12.9. The lowest BCUT2D eigenvalue weighted by Gasteiger charge is -2.41. The molecule has 1 aliphatic rings. The third kappa shape index (κ3) is 36.2. The first-order valence-electron chi connectivity index (χ1n) is 27.2. The largest absolute Gasteiger partial charge is 0.472 e. The Kier molecular flexibility index (Phi) is 41.9. The van der Waals surface area contributed by atoms with Crippen molar-refractivity contribution in [3.63, 3.8) is 0 Å². The van der Waals surface area contributed by atoms with Gasteiger partial charge in [0.25, 0.3) is 0 Å². The van der Waals surface area contributed by atoms with E-state index in [0.29, 0.717) is 12.8 Å². The molecule has 0 aromatic rings. The van der Waals surface area contributed by atoms with Gasteiger partial charge in [0.15, 0.2) is 6.10 Å². The third-order valence-electron chi connectivity index (χ3n) is 12.3. The quantitative estimate of drug-likeness (QED) is 0.0145. The highest BCUT2D eigenvalue weighted by atomic mass is 31.2. The molecule has 0 spiro atoms. The number of carbonyl (C=O) groups excluding carboxylic acids is 2. The Balaban J connectivity index is 2.37. The molecule has 0 aliphatic heterocycles. The summed E-state index contributed by atoms with van der Waals surface area (Å²) < 4.78 is 33.7. The van der Waals surface area contributed by atoms with E-state index in [1.54, 1.807) is 0 Å². The predicted molar refractivity (Wildman–Crippen MR) is 281 cm³/mol. The van der Waals surface area contributed by atoms with Crippen LogP contribution in [0.25, 0.3) is 0 Å². The molecule has 0 aromatic carbocycles. The average molecular weight is 1010 g/mol. The fourth-order valence-corrected chi connectivity index (χ4v) is 8.93. The van der Waals surface area contributed by atoms with E-state index in [1.165, 1.54) is 64.2 Å². The molecular weight excluding hydrogens is 912 g/mol. The predicted octanol–water partition coefficient (Wildman–Crippen LogP) is 12.2. The van der Waals surface area contributed by atoms with Gasteiger partial charge in [-0.15, -0.1) is 0 Å². The minimum absolute atomic E-state index is 0.0865. The summed E-state index contributed by atoms with van der Waals surface area (Å²) in [5, 5.41) is 50.3. The monoisotopic (exact) mass is 1010 g/mol. The molecule has 0 radical (unpaired) electrons. The summed E-state index contributed by atoms with van der Waals surface area (Å²) in [6.45, 7) is 3.19. The molecule has 1 rings (SSSR count). The minimum atomic E-state index is -5.13.